The second-order valence-electron chi connectivity index (χ2n) is 6.45. The van der Waals surface area contributed by atoms with Crippen LogP contribution in [0.2, 0.25) is 0 Å². The SMILES string of the molecule is CC(C)(C)N(Cc1ccccc1)C(=O)COC(=O)/C=C/c1nccs1. The predicted octanol–water partition coefficient (Wildman–Crippen LogP) is 3.53. The lowest BCUT2D eigenvalue weighted by Crippen LogP contribution is -2.46. The molecule has 2 rings (SSSR count). The normalized spacial score (nSPS) is 11.5. The van der Waals surface area contributed by atoms with Crippen LogP contribution in [0.4, 0.5) is 0 Å². The van der Waals surface area contributed by atoms with Crippen LogP contribution in [0.5, 0.6) is 0 Å². The number of hydrogen-bond acceptors (Lipinski definition) is 5. The van der Waals surface area contributed by atoms with E-state index in [9.17, 15) is 9.59 Å². The number of nitrogens with zero attached hydrogens (tertiary/aromatic N) is 2. The highest BCUT2D eigenvalue weighted by atomic mass is 32.1. The first-order valence-corrected chi connectivity index (χ1v) is 8.83. The molecule has 0 saturated carbocycles. The summed E-state index contributed by atoms with van der Waals surface area (Å²) in [5.74, 6) is -0.788. The van der Waals surface area contributed by atoms with Crippen LogP contribution in [-0.2, 0) is 20.9 Å². The van der Waals surface area contributed by atoms with Crippen LogP contribution in [0.3, 0.4) is 0 Å². The van der Waals surface area contributed by atoms with Crippen LogP contribution >= 0.6 is 11.3 Å². The lowest BCUT2D eigenvalue weighted by molar-refractivity contribution is -0.151. The summed E-state index contributed by atoms with van der Waals surface area (Å²) in [7, 11) is 0. The van der Waals surface area contributed by atoms with Gasteiger partial charge in [0.15, 0.2) is 6.61 Å². The Labute approximate surface area is 152 Å². The van der Waals surface area contributed by atoms with Crippen LogP contribution < -0.4 is 0 Å². The van der Waals surface area contributed by atoms with Gasteiger partial charge in [-0.25, -0.2) is 9.78 Å². The lowest BCUT2D eigenvalue weighted by atomic mass is 10.0. The Hall–Kier alpha value is -2.47. The molecule has 0 N–H and O–H groups in total. The Morgan fingerprint density at radius 2 is 1.96 bits per heavy atom. The molecule has 1 aromatic heterocycles. The van der Waals surface area contributed by atoms with Gasteiger partial charge in [0.05, 0.1) is 0 Å². The second-order valence-corrected chi connectivity index (χ2v) is 7.37. The van der Waals surface area contributed by atoms with Crippen molar-refractivity contribution in [2.45, 2.75) is 32.9 Å². The lowest BCUT2D eigenvalue weighted by Gasteiger charge is -2.35. The maximum Gasteiger partial charge on any atom is 0.331 e. The van der Waals surface area contributed by atoms with E-state index >= 15 is 0 Å². The molecule has 0 unspecified atom stereocenters. The molecular weight excluding hydrogens is 336 g/mol. The van der Waals surface area contributed by atoms with Gasteiger partial charge in [0, 0.05) is 29.7 Å². The number of ether oxygens (including phenoxy) is 1. The van der Waals surface area contributed by atoms with Crippen molar-refractivity contribution >= 4 is 29.3 Å². The molecule has 2 aromatic rings. The molecule has 0 bridgehead atoms. The fourth-order valence-electron chi connectivity index (χ4n) is 2.18. The molecule has 0 atom stereocenters. The van der Waals surface area contributed by atoms with E-state index in [1.54, 1.807) is 17.2 Å². The van der Waals surface area contributed by atoms with Crippen molar-refractivity contribution in [3.8, 4) is 0 Å². The average molecular weight is 358 g/mol. The number of thiazole rings is 1. The quantitative estimate of drug-likeness (QED) is 0.585. The van der Waals surface area contributed by atoms with Crippen molar-refractivity contribution in [1.82, 2.24) is 9.88 Å². The molecule has 132 valence electrons. The largest absolute Gasteiger partial charge is 0.452 e. The highest BCUT2D eigenvalue weighted by Crippen LogP contribution is 2.18. The Morgan fingerprint density at radius 3 is 2.56 bits per heavy atom. The maximum absolute atomic E-state index is 12.5. The number of carbonyl (C=O) groups is 2. The Bertz CT molecular complexity index is 719. The molecule has 0 aliphatic rings. The van der Waals surface area contributed by atoms with Crippen LogP contribution in [0.25, 0.3) is 6.08 Å². The number of benzene rings is 1. The zero-order valence-electron chi connectivity index (χ0n) is 14.6. The van der Waals surface area contributed by atoms with E-state index in [0.29, 0.717) is 11.6 Å². The summed E-state index contributed by atoms with van der Waals surface area (Å²) in [6.45, 7) is 6.05. The van der Waals surface area contributed by atoms with Gasteiger partial charge in [-0.1, -0.05) is 30.3 Å². The van der Waals surface area contributed by atoms with Gasteiger partial charge in [-0.15, -0.1) is 11.3 Å². The van der Waals surface area contributed by atoms with E-state index < -0.39 is 5.97 Å². The topological polar surface area (TPSA) is 59.5 Å². The van der Waals surface area contributed by atoms with Gasteiger partial charge < -0.3 is 9.64 Å². The molecule has 0 aliphatic carbocycles. The average Bonchev–Trinajstić information content (AvgIpc) is 3.09. The highest BCUT2D eigenvalue weighted by Gasteiger charge is 2.27. The third kappa shape index (κ3) is 6.15. The Balaban J connectivity index is 1.94. The third-order valence-corrected chi connectivity index (χ3v) is 4.19. The molecule has 0 radical (unpaired) electrons. The number of esters is 1. The molecular formula is C19H22N2O3S. The number of amides is 1. The van der Waals surface area contributed by atoms with Gasteiger partial charge in [0.2, 0.25) is 0 Å². The summed E-state index contributed by atoms with van der Waals surface area (Å²) < 4.78 is 5.08. The smallest absolute Gasteiger partial charge is 0.331 e. The minimum absolute atomic E-state index is 0.229. The number of rotatable bonds is 6. The number of carbonyl (C=O) groups excluding carboxylic acids is 2. The minimum Gasteiger partial charge on any atom is -0.452 e. The van der Waals surface area contributed by atoms with Crippen molar-refractivity contribution in [3.63, 3.8) is 0 Å². The Morgan fingerprint density at radius 1 is 1.24 bits per heavy atom. The van der Waals surface area contributed by atoms with Crippen molar-refractivity contribution in [2.75, 3.05) is 6.61 Å². The van der Waals surface area contributed by atoms with Crippen LogP contribution in [-0.4, -0.2) is 33.9 Å². The van der Waals surface area contributed by atoms with Gasteiger partial charge in [-0.05, 0) is 32.4 Å². The second kappa shape index (κ2) is 8.58. The third-order valence-electron chi connectivity index (χ3n) is 3.45. The van der Waals surface area contributed by atoms with Gasteiger partial charge in [0.1, 0.15) is 5.01 Å². The van der Waals surface area contributed by atoms with Crippen LogP contribution in [0.1, 0.15) is 31.3 Å². The molecule has 0 aliphatic heterocycles. The first-order chi connectivity index (χ1) is 11.9. The van der Waals surface area contributed by atoms with Crippen molar-refractivity contribution < 1.29 is 14.3 Å². The fraction of sp³-hybridized carbons (Fsp3) is 0.316. The van der Waals surface area contributed by atoms with Crippen molar-refractivity contribution in [2.24, 2.45) is 0 Å². The first-order valence-electron chi connectivity index (χ1n) is 7.95. The molecule has 5 nitrogen and oxygen atoms in total. The fourth-order valence-corrected chi connectivity index (χ4v) is 2.71. The molecule has 6 heteroatoms. The zero-order valence-corrected chi connectivity index (χ0v) is 15.5. The van der Waals surface area contributed by atoms with E-state index in [2.05, 4.69) is 4.98 Å². The van der Waals surface area contributed by atoms with Gasteiger partial charge in [-0.2, -0.15) is 0 Å². The maximum atomic E-state index is 12.5. The standard InChI is InChI=1S/C19H22N2O3S/c1-19(2,3)21(13-15-7-5-4-6-8-15)17(22)14-24-18(23)10-9-16-20-11-12-25-16/h4-12H,13-14H2,1-3H3/b10-9+. The van der Waals surface area contributed by atoms with Gasteiger partial charge >= 0.3 is 5.97 Å². The zero-order chi connectivity index (χ0) is 18.3. The number of hydrogen-bond donors (Lipinski definition) is 0. The summed E-state index contributed by atoms with van der Waals surface area (Å²) in [5, 5.41) is 2.53. The highest BCUT2D eigenvalue weighted by molar-refractivity contribution is 7.10. The van der Waals surface area contributed by atoms with E-state index in [4.69, 9.17) is 4.74 Å². The first kappa shape index (κ1) is 18.9. The molecule has 0 spiro atoms. The number of aromatic nitrogens is 1. The van der Waals surface area contributed by atoms with Crippen molar-refractivity contribution in [1.29, 1.82) is 0 Å². The molecule has 0 fully saturated rings. The molecule has 1 aromatic carbocycles. The van der Waals surface area contributed by atoms with Gasteiger partial charge in [-0.3, -0.25) is 4.79 Å². The van der Waals surface area contributed by atoms with Gasteiger partial charge in [0.25, 0.3) is 5.91 Å². The van der Waals surface area contributed by atoms with E-state index in [-0.39, 0.29) is 18.1 Å². The van der Waals surface area contributed by atoms with Crippen LogP contribution in [0, 0.1) is 0 Å². The summed E-state index contributed by atoms with van der Waals surface area (Å²) in [6.07, 6.45) is 4.51. The summed E-state index contributed by atoms with van der Waals surface area (Å²) in [4.78, 5) is 30.1. The summed E-state index contributed by atoms with van der Waals surface area (Å²) in [6, 6.07) is 9.74. The molecule has 1 amide bonds. The van der Waals surface area contributed by atoms with Crippen molar-refractivity contribution in [3.05, 3.63) is 58.6 Å². The summed E-state index contributed by atoms with van der Waals surface area (Å²) >= 11 is 1.42. The van der Waals surface area contributed by atoms with E-state index in [0.717, 1.165) is 5.56 Å². The molecule has 25 heavy (non-hydrogen) atoms. The predicted molar refractivity (Wildman–Crippen MR) is 98.9 cm³/mol. The minimum atomic E-state index is -0.558. The van der Waals surface area contributed by atoms with E-state index in [1.807, 2.05) is 56.5 Å². The van der Waals surface area contributed by atoms with Crippen LogP contribution in [0.15, 0.2) is 48.0 Å². The van der Waals surface area contributed by atoms with E-state index in [1.165, 1.54) is 17.4 Å². The molecule has 1 heterocycles. The monoisotopic (exact) mass is 358 g/mol. The summed E-state index contributed by atoms with van der Waals surface area (Å²) in [5.41, 5.74) is 0.650. The Kier molecular flexibility index (Phi) is 6.47. The molecule has 0 saturated heterocycles.